The summed E-state index contributed by atoms with van der Waals surface area (Å²) in [5, 5.41) is 4.02. The van der Waals surface area contributed by atoms with Crippen molar-refractivity contribution in [2.75, 3.05) is 14.2 Å². The van der Waals surface area contributed by atoms with Gasteiger partial charge < -0.3 is 18.4 Å². The minimum Gasteiger partial charge on any atom is -0.497 e. The zero-order chi connectivity index (χ0) is 18.3. The minimum atomic E-state index is -0.422. The molecule has 0 N–H and O–H groups in total. The molecule has 4 rings (SSSR count). The lowest BCUT2D eigenvalue weighted by atomic mass is 10.2. The second kappa shape index (κ2) is 6.07. The van der Waals surface area contributed by atoms with Gasteiger partial charge in [-0.15, -0.1) is 0 Å². The van der Waals surface area contributed by atoms with Gasteiger partial charge in [-0.05, 0) is 30.3 Å². The highest BCUT2D eigenvalue weighted by molar-refractivity contribution is 5.79. The topological polar surface area (TPSA) is 92.5 Å². The Labute approximate surface area is 147 Å². The molecule has 0 bridgehead atoms. The normalized spacial score (nSPS) is 11.0. The summed E-state index contributed by atoms with van der Waals surface area (Å²) in [4.78, 5) is 16.0. The van der Waals surface area contributed by atoms with Crippen LogP contribution in [0.1, 0.15) is 0 Å². The van der Waals surface area contributed by atoms with Crippen LogP contribution in [0.2, 0.25) is 0 Å². The second-order valence-corrected chi connectivity index (χ2v) is 5.63. The average Bonchev–Trinajstić information content (AvgIpc) is 3.26. The van der Waals surface area contributed by atoms with Crippen LogP contribution >= 0.6 is 0 Å². The van der Waals surface area contributed by atoms with E-state index in [1.54, 1.807) is 57.7 Å². The minimum absolute atomic E-state index is 0.326. The third kappa shape index (κ3) is 2.61. The number of oxazole rings is 1. The molecule has 2 heterocycles. The Morgan fingerprint density at radius 1 is 1.00 bits per heavy atom. The van der Waals surface area contributed by atoms with Gasteiger partial charge in [0.2, 0.25) is 5.82 Å². The number of benzene rings is 2. The van der Waals surface area contributed by atoms with Crippen molar-refractivity contribution in [3.63, 3.8) is 0 Å². The summed E-state index contributed by atoms with van der Waals surface area (Å²) in [6, 6.07) is 10.6. The first-order chi connectivity index (χ1) is 12.6. The monoisotopic (exact) mass is 353 g/mol. The molecule has 2 aromatic heterocycles. The SMILES string of the molecule is COc1cc(OC)cc(-c2nc(-c3ccc4c(c3)oc(=O)n4C)no2)c1. The van der Waals surface area contributed by atoms with Crippen LogP contribution < -0.4 is 15.2 Å². The predicted molar refractivity (Wildman–Crippen MR) is 93.3 cm³/mol. The van der Waals surface area contributed by atoms with Crippen molar-refractivity contribution < 1.29 is 18.4 Å². The van der Waals surface area contributed by atoms with Crippen molar-refractivity contribution >= 4 is 11.1 Å². The second-order valence-electron chi connectivity index (χ2n) is 5.63. The van der Waals surface area contributed by atoms with Crippen molar-refractivity contribution in [1.82, 2.24) is 14.7 Å². The number of hydrogen-bond acceptors (Lipinski definition) is 7. The fraction of sp³-hybridized carbons (Fsp3) is 0.167. The summed E-state index contributed by atoms with van der Waals surface area (Å²) in [5.41, 5.74) is 2.51. The van der Waals surface area contributed by atoms with Gasteiger partial charge >= 0.3 is 5.76 Å². The summed E-state index contributed by atoms with van der Waals surface area (Å²) in [6.45, 7) is 0. The quantitative estimate of drug-likeness (QED) is 0.557. The number of fused-ring (bicyclic) bond motifs is 1. The van der Waals surface area contributed by atoms with E-state index in [-0.39, 0.29) is 0 Å². The molecule has 0 aliphatic rings. The Morgan fingerprint density at radius 2 is 1.73 bits per heavy atom. The van der Waals surface area contributed by atoms with Crippen LogP contribution in [0.15, 0.2) is 50.1 Å². The molecule has 0 spiro atoms. The number of ether oxygens (including phenoxy) is 2. The van der Waals surface area contributed by atoms with Gasteiger partial charge in [0.15, 0.2) is 5.58 Å². The molecule has 0 amide bonds. The molecule has 0 fully saturated rings. The van der Waals surface area contributed by atoms with Crippen molar-refractivity contribution in [3.05, 3.63) is 46.9 Å². The molecular formula is C18H15N3O5. The lowest BCUT2D eigenvalue weighted by molar-refractivity contribution is 0.393. The zero-order valence-electron chi connectivity index (χ0n) is 14.3. The summed E-state index contributed by atoms with van der Waals surface area (Å²) < 4.78 is 22.5. The summed E-state index contributed by atoms with van der Waals surface area (Å²) >= 11 is 0. The number of aryl methyl sites for hydroxylation is 1. The highest BCUT2D eigenvalue weighted by atomic mass is 16.5. The van der Waals surface area contributed by atoms with E-state index in [2.05, 4.69) is 10.1 Å². The Hall–Kier alpha value is -3.55. The molecule has 0 unspecified atom stereocenters. The molecule has 0 saturated heterocycles. The number of hydrogen-bond donors (Lipinski definition) is 0. The van der Waals surface area contributed by atoms with Gasteiger partial charge in [-0.2, -0.15) is 4.98 Å². The average molecular weight is 353 g/mol. The van der Waals surface area contributed by atoms with Crippen LogP contribution in [0.4, 0.5) is 0 Å². The van der Waals surface area contributed by atoms with Crippen molar-refractivity contribution in [1.29, 1.82) is 0 Å². The van der Waals surface area contributed by atoms with Crippen LogP contribution in [0.5, 0.6) is 11.5 Å². The number of rotatable bonds is 4. The standard InChI is InChI=1S/C18H15N3O5/c1-21-14-5-4-10(8-15(14)25-18(21)22)16-19-17(26-20-16)11-6-12(23-2)9-13(7-11)24-3/h4-9H,1-3H3. The van der Waals surface area contributed by atoms with Crippen LogP contribution in [0.25, 0.3) is 33.9 Å². The Balaban J connectivity index is 1.75. The third-order valence-corrected chi connectivity index (χ3v) is 4.07. The van der Waals surface area contributed by atoms with E-state index in [1.165, 1.54) is 4.57 Å². The maximum Gasteiger partial charge on any atom is 0.419 e. The number of aromatic nitrogens is 3. The molecule has 8 heteroatoms. The first kappa shape index (κ1) is 15.9. The van der Waals surface area contributed by atoms with E-state index in [0.717, 1.165) is 0 Å². The lowest BCUT2D eigenvalue weighted by Crippen LogP contribution is -2.08. The van der Waals surface area contributed by atoms with Crippen molar-refractivity contribution in [3.8, 4) is 34.3 Å². The molecule has 0 atom stereocenters. The molecule has 26 heavy (non-hydrogen) atoms. The molecular weight excluding hydrogens is 338 g/mol. The van der Waals surface area contributed by atoms with E-state index >= 15 is 0 Å². The predicted octanol–water partition coefficient (Wildman–Crippen LogP) is 2.87. The van der Waals surface area contributed by atoms with Crippen molar-refractivity contribution in [2.45, 2.75) is 0 Å². The van der Waals surface area contributed by atoms with Gasteiger partial charge in [0.1, 0.15) is 11.5 Å². The fourth-order valence-electron chi connectivity index (χ4n) is 2.66. The Kier molecular flexibility index (Phi) is 3.72. The van der Waals surface area contributed by atoms with Gasteiger partial charge in [0.25, 0.3) is 5.89 Å². The highest BCUT2D eigenvalue weighted by Gasteiger charge is 2.15. The molecule has 2 aromatic carbocycles. The first-order valence-corrected chi connectivity index (χ1v) is 7.76. The third-order valence-electron chi connectivity index (χ3n) is 4.07. The summed E-state index contributed by atoms with van der Waals surface area (Å²) in [5.74, 6) is 1.52. The Morgan fingerprint density at radius 3 is 2.42 bits per heavy atom. The first-order valence-electron chi connectivity index (χ1n) is 7.76. The van der Waals surface area contributed by atoms with Crippen LogP contribution in [-0.2, 0) is 7.05 Å². The smallest absolute Gasteiger partial charge is 0.419 e. The van der Waals surface area contributed by atoms with E-state index < -0.39 is 5.76 Å². The molecule has 8 nitrogen and oxygen atoms in total. The fourth-order valence-corrected chi connectivity index (χ4v) is 2.66. The lowest BCUT2D eigenvalue weighted by Gasteiger charge is -2.05. The molecule has 0 aliphatic carbocycles. The molecule has 0 radical (unpaired) electrons. The van der Waals surface area contributed by atoms with Gasteiger partial charge in [-0.25, -0.2) is 4.79 Å². The van der Waals surface area contributed by atoms with Gasteiger partial charge in [-0.3, -0.25) is 4.57 Å². The van der Waals surface area contributed by atoms with Crippen LogP contribution in [-0.4, -0.2) is 28.9 Å². The van der Waals surface area contributed by atoms with E-state index in [9.17, 15) is 4.79 Å². The summed E-state index contributed by atoms with van der Waals surface area (Å²) in [6.07, 6.45) is 0. The number of methoxy groups -OCH3 is 2. The molecule has 0 aliphatic heterocycles. The zero-order valence-corrected chi connectivity index (χ0v) is 14.3. The molecule has 0 saturated carbocycles. The maximum atomic E-state index is 11.6. The van der Waals surface area contributed by atoms with Crippen LogP contribution in [0, 0.1) is 0 Å². The highest BCUT2D eigenvalue weighted by Crippen LogP contribution is 2.30. The van der Waals surface area contributed by atoms with E-state index in [1.807, 2.05) is 0 Å². The van der Waals surface area contributed by atoms with Gasteiger partial charge in [-0.1, -0.05) is 5.16 Å². The van der Waals surface area contributed by atoms with E-state index in [0.29, 0.717) is 45.4 Å². The van der Waals surface area contributed by atoms with E-state index in [4.69, 9.17) is 18.4 Å². The van der Waals surface area contributed by atoms with Crippen LogP contribution in [0.3, 0.4) is 0 Å². The van der Waals surface area contributed by atoms with Gasteiger partial charge in [0.05, 0.1) is 19.7 Å². The van der Waals surface area contributed by atoms with Crippen molar-refractivity contribution in [2.24, 2.45) is 7.05 Å². The van der Waals surface area contributed by atoms with Gasteiger partial charge in [0, 0.05) is 24.2 Å². The summed E-state index contributed by atoms with van der Waals surface area (Å²) in [7, 11) is 4.79. The Bertz CT molecular complexity index is 1130. The molecule has 4 aromatic rings. The number of nitrogens with zero attached hydrogens (tertiary/aromatic N) is 3. The maximum absolute atomic E-state index is 11.6. The molecule has 132 valence electrons. The largest absolute Gasteiger partial charge is 0.497 e.